The van der Waals surface area contributed by atoms with Gasteiger partial charge in [-0.15, -0.1) is 0 Å². The maximum absolute atomic E-state index is 11.6. The number of amides is 1. The Morgan fingerprint density at radius 3 is 2.15 bits per heavy atom. The van der Waals surface area contributed by atoms with Crippen LogP contribution in [0, 0.1) is 5.92 Å². The van der Waals surface area contributed by atoms with E-state index in [9.17, 15) is 9.59 Å². The van der Waals surface area contributed by atoms with Crippen LogP contribution in [0.4, 0.5) is 5.69 Å². The molecule has 1 N–H and O–H groups in total. The molecule has 1 rings (SSSR count). The van der Waals surface area contributed by atoms with Gasteiger partial charge in [0, 0.05) is 5.69 Å². The smallest absolute Gasteiger partial charge is 0.308 e. The summed E-state index contributed by atoms with van der Waals surface area (Å²) in [5.41, 5.74) is 1.97. The third-order valence-electron chi connectivity index (χ3n) is 2.85. The number of esters is 1. The van der Waals surface area contributed by atoms with Crippen molar-refractivity contribution in [2.24, 2.45) is 5.92 Å². The van der Waals surface area contributed by atoms with Gasteiger partial charge in [0.15, 0.2) is 6.61 Å². The second-order valence-electron chi connectivity index (χ2n) is 6.14. The SMILES string of the molecule is CC(C)C(=O)OCC(=O)Nc1ccc(C(C)(C)C)cc1. The normalized spacial score (nSPS) is 11.3. The molecule has 110 valence electrons. The summed E-state index contributed by atoms with van der Waals surface area (Å²) in [5.74, 6) is -0.931. The molecule has 0 spiro atoms. The van der Waals surface area contributed by atoms with Crippen molar-refractivity contribution in [3.05, 3.63) is 29.8 Å². The molecule has 0 aliphatic carbocycles. The summed E-state index contributed by atoms with van der Waals surface area (Å²) in [7, 11) is 0. The van der Waals surface area contributed by atoms with E-state index in [0.717, 1.165) is 0 Å². The Labute approximate surface area is 120 Å². The number of ether oxygens (including phenoxy) is 1. The van der Waals surface area contributed by atoms with Crippen LogP contribution in [-0.2, 0) is 19.7 Å². The van der Waals surface area contributed by atoms with Crippen molar-refractivity contribution < 1.29 is 14.3 Å². The Hall–Kier alpha value is -1.84. The minimum atomic E-state index is -0.372. The molecule has 4 heteroatoms. The van der Waals surface area contributed by atoms with E-state index < -0.39 is 0 Å². The number of nitrogens with one attached hydrogen (secondary N) is 1. The van der Waals surface area contributed by atoms with Crippen LogP contribution < -0.4 is 5.32 Å². The topological polar surface area (TPSA) is 55.4 Å². The predicted molar refractivity (Wildman–Crippen MR) is 79.6 cm³/mol. The summed E-state index contributed by atoms with van der Waals surface area (Å²) in [5, 5.41) is 2.70. The van der Waals surface area contributed by atoms with Gasteiger partial charge in [-0.25, -0.2) is 0 Å². The number of benzene rings is 1. The van der Waals surface area contributed by atoms with Crippen LogP contribution in [0.1, 0.15) is 40.2 Å². The Balaban J connectivity index is 2.53. The highest BCUT2D eigenvalue weighted by Gasteiger charge is 2.14. The number of hydrogen-bond donors (Lipinski definition) is 1. The molecule has 0 unspecified atom stereocenters. The lowest BCUT2D eigenvalue weighted by molar-refractivity contribution is -0.150. The van der Waals surface area contributed by atoms with Crippen molar-refractivity contribution in [2.75, 3.05) is 11.9 Å². The first-order chi connectivity index (χ1) is 9.20. The Morgan fingerprint density at radius 1 is 1.15 bits per heavy atom. The van der Waals surface area contributed by atoms with Gasteiger partial charge >= 0.3 is 5.97 Å². The van der Waals surface area contributed by atoms with Crippen molar-refractivity contribution in [2.45, 2.75) is 40.0 Å². The van der Waals surface area contributed by atoms with Gasteiger partial charge in [0.05, 0.1) is 5.92 Å². The molecule has 20 heavy (non-hydrogen) atoms. The minimum absolute atomic E-state index is 0.0787. The van der Waals surface area contributed by atoms with Crippen molar-refractivity contribution in [1.29, 1.82) is 0 Å². The van der Waals surface area contributed by atoms with Crippen LogP contribution >= 0.6 is 0 Å². The zero-order chi connectivity index (χ0) is 15.3. The van der Waals surface area contributed by atoms with E-state index in [-0.39, 0.29) is 29.8 Å². The van der Waals surface area contributed by atoms with Crippen molar-refractivity contribution in [3.63, 3.8) is 0 Å². The molecule has 0 aromatic heterocycles. The van der Waals surface area contributed by atoms with Gasteiger partial charge in [-0.1, -0.05) is 46.8 Å². The molecule has 0 bridgehead atoms. The summed E-state index contributed by atoms with van der Waals surface area (Å²) in [6.45, 7) is 9.60. The molecule has 0 aliphatic heterocycles. The Kier molecular flexibility index (Phi) is 5.31. The van der Waals surface area contributed by atoms with Gasteiger partial charge in [0.25, 0.3) is 5.91 Å². The molecule has 1 aromatic rings. The molecular formula is C16H23NO3. The monoisotopic (exact) mass is 277 g/mol. The van der Waals surface area contributed by atoms with E-state index in [1.54, 1.807) is 13.8 Å². The zero-order valence-corrected chi connectivity index (χ0v) is 12.8. The Bertz CT molecular complexity index is 469. The third kappa shape index (κ3) is 5.03. The van der Waals surface area contributed by atoms with Crippen LogP contribution in [0.15, 0.2) is 24.3 Å². The first-order valence-electron chi connectivity index (χ1n) is 6.77. The fraction of sp³-hybridized carbons (Fsp3) is 0.500. The zero-order valence-electron chi connectivity index (χ0n) is 12.8. The molecule has 4 nitrogen and oxygen atoms in total. The van der Waals surface area contributed by atoms with Crippen LogP contribution in [0.2, 0.25) is 0 Å². The summed E-state index contributed by atoms with van der Waals surface area (Å²) >= 11 is 0. The highest BCUT2D eigenvalue weighted by molar-refractivity contribution is 5.92. The quantitative estimate of drug-likeness (QED) is 0.860. The lowest BCUT2D eigenvalue weighted by Gasteiger charge is -2.19. The average Bonchev–Trinajstić information content (AvgIpc) is 2.35. The number of hydrogen-bond acceptors (Lipinski definition) is 3. The molecule has 1 amide bonds. The first-order valence-corrected chi connectivity index (χ1v) is 6.77. The third-order valence-corrected chi connectivity index (χ3v) is 2.85. The second kappa shape index (κ2) is 6.55. The van der Waals surface area contributed by atoms with E-state index in [1.807, 2.05) is 24.3 Å². The first kappa shape index (κ1) is 16.2. The fourth-order valence-electron chi connectivity index (χ4n) is 1.55. The number of anilines is 1. The number of carbonyl (C=O) groups is 2. The molecule has 0 saturated heterocycles. The molecule has 0 atom stereocenters. The van der Waals surface area contributed by atoms with Crippen LogP contribution in [0.5, 0.6) is 0 Å². The molecule has 0 aliphatic rings. The summed E-state index contributed by atoms with van der Waals surface area (Å²) in [4.78, 5) is 22.9. The summed E-state index contributed by atoms with van der Waals surface area (Å²) < 4.78 is 4.86. The highest BCUT2D eigenvalue weighted by atomic mass is 16.5. The van der Waals surface area contributed by atoms with Crippen molar-refractivity contribution in [3.8, 4) is 0 Å². The van der Waals surface area contributed by atoms with Gasteiger partial charge in [-0.05, 0) is 23.1 Å². The van der Waals surface area contributed by atoms with Gasteiger partial charge in [-0.3, -0.25) is 9.59 Å². The van der Waals surface area contributed by atoms with E-state index in [1.165, 1.54) is 5.56 Å². The molecular weight excluding hydrogens is 254 g/mol. The van der Waals surface area contributed by atoms with Crippen molar-refractivity contribution in [1.82, 2.24) is 0 Å². The molecule has 0 radical (unpaired) electrons. The number of rotatable bonds is 4. The van der Waals surface area contributed by atoms with Crippen LogP contribution in [0.3, 0.4) is 0 Å². The van der Waals surface area contributed by atoms with Gasteiger partial charge < -0.3 is 10.1 Å². The average molecular weight is 277 g/mol. The largest absolute Gasteiger partial charge is 0.455 e. The molecule has 1 aromatic carbocycles. The predicted octanol–water partition coefficient (Wildman–Crippen LogP) is 3.12. The molecule has 0 heterocycles. The van der Waals surface area contributed by atoms with Crippen LogP contribution in [0.25, 0.3) is 0 Å². The van der Waals surface area contributed by atoms with E-state index >= 15 is 0 Å². The van der Waals surface area contributed by atoms with Crippen molar-refractivity contribution >= 4 is 17.6 Å². The maximum atomic E-state index is 11.6. The standard InChI is InChI=1S/C16H23NO3/c1-11(2)15(19)20-10-14(18)17-13-8-6-12(7-9-13)16(3,4)5/h6-9,11H,10H2,1-5H3,(H,17,18). The molecule has 0 fully saturated rings. The lowest BCUT2D eigenvalue weighted by Crippen LogP contribution is -2.22. The fourth-order valence-corrected chi connectivity index (χ4v) is 1.55. The second-order valence-corrected chi connectivity index (χ2v) is 6.14. The highest BCUT2D eigenvalue weighted by Crippen LogP contribution is 2.23. The summed E-state index contributed by atoms with van der Waals surface area (Å²) in [6, 6.07) is 7.66. The maximum Gasteiger partial charge on any atom is 0.308 e. The summed E-state index contributed by atoms with van der Waals surface area (Å²) in [6.07, 6.45) is 0. The van der Waals surface area contributed by atoms with E-state index in [0.29, 0.717) is 5.69 Å². The van der Waals surface area contributed by atoms with E-state index in [4.69, 9.17) is 4.74 Å². The lowest BCUT2D eigenvalue weighted by atomic mass is 9.87. The van der Waals surface area contributed by atoms with Crippen LogP contribution in [-0.4, -0.2) is 18.5 Å². The number of carbonyl (C=O) groups excluding carboxylic acids is 2. The Morgan fingerprint density at radius 2 is 1.70 bits per heavy atom. The molecule has 0 saturated carbocycles. The van der Waals surface area contributed by atoms with Gasteiger partial charge in [0.2, 0.25) is 0 Å². The van der Waals surface area contributed by atoms with Gasteiger partial charge in [-0.2, -0.15) is 0 Å². The minimum Gasteiger partial charge on any atom is -0.455 e. The van der Waals surface area contributed by atoms with E-state index in [2.05, 4.69) is 26.1 Å². The van der Waals surface area contributed by atoms with Gasteiger partial charge in [0.1, 0.15) is 0 Å².